The lowest BCUT2D eigenvalue weighted by molar-refractivity contribution is -0.119. The third kappa shape index (κ3) is 5.20. The van der Waals surface area contributed by atoms with Crippen molar-refractivity contribution in [2.24, 2.45) is 17.3 Å². The van der Waals surface area contributed by atoms with Crippen molar-refractivity contribution in [3.05, 3.63) is 90.3 Å². The van der Waals surface area contributed by atoms with Crippen molar-refractivity contribution in [1.82, 2.24) is 4.98 Å². The summed E-state index contributed by atoms with van der Waals surface area (Å²) in [5, 5.41) is 2.87. The molecule has 2 aromatic carbocycles. The fourth-order valence-corrected chi connectivity index (χ4v) is 7.20. The van der Waals surface area contributed by atoms with E-state index in [0.717, 1.165) is 30.7 Å². The van der Waals surface area contributed by atoms with Crippen LogP contribution in [-0.4, -0.2) is 30.8 Å². The molecule has 1 atom stereocenters. The Kier molecular flexibility index (Phi) is 6.28. The summed E-state index contributed by atoms with van der Waals surface area (Å²) in [6, 6.07) is 21.0. The van der Waals surface area contributed by atoms with Gasteiger partial charge in [0.15, 0.2) is 15.6 Å². The molecule has 1 heterocycles. The second-order valence-electron chi connectivity index (χ2n) is 9.98. The fraction of sp³-hybridized carbons (Fsp3) is 0.321. The van der Waals surface area contributed by atoms with Gasteiger partial charge in [0.1, 0.15) is 5.69 Å². The van der Waals surface area contributed by atoms with E-state index in [1.807, 2.05) is 30.3 Å². The van der Waals surface area contributed by atoms with E-state index in [0.29, 0.717) is 17.8 Å². The van der Waals surface area contributed by atoms with Gasteiger partial charge >= 0.3 is 0 Å². The normalized spacial score (nSPS) is 21.3. The molecule has 0 unspecified atom stereocenters. The van der Waals surface area contributed by atoms with Crippen molar-refractivity contribution in [3.8, 4) is 0 Å². The van der Waals surface area contributed by atoms with Gasteiger partial charge in [-0.15, -0.1) is 0 Å². The molecule has 6 nitrogen and oxygen atoms in total. The number of rotatable bonds is 10. The van der Waals surface area contributed by atoms with Gasteiger partial charge in [0.25, 0.3) is 0 Å². The Balaban J connectivity index is 1.28. The summed E-state index contributed by atoms with van der Waals surface area (Å²) >= 11 is 0. The molecule has 0 saturated heterocycles. The van der Waals surface area contributed by atoms with E-state index in [-0.39, 0.29) is 34.2 Å². The summed E-state index contributed by atoms with van der Waals surface area (Å²) in [7, 11) is -3.35. The Bertz CT molecular complexity index is 1310. The summed E-state index contributed by atoms with van der Waals surface area (Å²) in [4.78, 5) is 30.4. The highest BCUT2D eigenvalue weighted by Crippen LogP contribution is 2.65. The molecule has 3 fully saturated rings. The van der Waals surface area contributed by atoms with Crippen LogP contribution in [0.4, 0.5) is 5.69 Å². The Hall–Kier alpha value is -3.32. The van der Waals surface area contributed by atoms with Crippen LogP contribution < -0.4 is 5.32 Å². The van der Waals surface area contributed by atoms with Crippen molar-refractivity contribution < 1.29 is 18.0 Å². The van der Waals surface area contributed by atoms with Gasteiger partial charge in [-0.3, -0.25) is 14.6 Å². The monoisotopic (exact) mass is 488 g/mol. The highest BCUT2D eigenvalue weighted by molar-refractivity contribution is 7.91. The number of anilines is 1. The first-order valence-corrected chi connectivity index (χ1v) is 13.6. The van der Waals surface area contributed by atoms with E-state index in [1.165, 1.54) is 0 Å². The van der Waals surface area contributed by atoms with Crippen LogP contribution in [0.5, 0.6) is 0 Å². The van der Waals surface area contributed by atoms with Crippen LogP contribution >= 0.6 is 0 Å². The number of pyridine rings is 1. The molecule has 180 valence electrons. The summed E-state index contributed by atoms with van der Waals surface area (Å²) in [5.41, 5.74) is 1.79. The first-order chi connectivity index (χ1) is 16.8. The predicted octanol–water partition coefficient (Wildman–Crippen LogP) is 4.73. The van der Waals surface area contributed by atoms with E-state index < -0.39 is 15.8 Å². The highest BCUT2D eigenvalue weighted by Gasteiger charge is 2.58. The van der Waals surface area contributed by atoms with Gasteiger partial charge < -0.3 is 5.32 Å². The van der Waals surface area contributed by atoms with Crippen LogP contribution in [0.2, 0.25) is 0 Å². The van der Waals surface area contributed by atoms with Gasteiger partial charge in [0.2, 0.25) is 5.91 Å². The van der Waals surface area contributed by atoms with Crippen molar-refractivity contribution in [3.63, 3.8) is 0 Å². The Labute approximate surface area is 205 Å². The number of nitrogens with one attached hydrogen (secondary N) is 1. The zero-order valence-corrected chi connectivity index (χ0v) is 20.2. The van der Waals surface area contributed by atoms with Crippen molar-refractivity contribution in [1.29, 1.82) is 0 Å². The quantitative estimate of drug-likeness (QED) is 0.417. The Morgan fingerprint density at radius 1 is 0.943 bits per heavy atom. The number of sulfone groups is 1. The number of Topliss-reactive ketones (excluding diaryl/α,β-unsaturated/α-hetero) is 1. The summed E-state index contributed by atoms with van der Waals surface area (Å²) in [6.07, 6.45) is 5.07. The number of amides is 1. The van der Waals surface area contributed by atoms with Gasteiger partial charge in [-0.2, -0.15) is 0 Å². The molecule has 1 amide bonds. The van der Waals surface area contributed by atoms with Crippen LogP contribution in [0.3, 0.4) is 0 Å². The van der Waals surface area contributed by atoms with Crippen LogP contribution in [0, 0.1) is 17.3 Å². The Morgan fingerprint density at radius 3 is 2.23 bits per heavy atom. The van der Waals surface area contributed by atoms with Gasteiger partial charge in [-0.05, 0) is 79.0 Å². The molecule has 3 saturated carbocycles. The standard InChI is InChI=1S/C28H28N2O4S/c31-26(25-8-4-5-13-29-25)15-22(14-20-6-2-1-3-7-20)27(32)30-23-9-11-24(12-10-23)35(33,34)19-28-16-21(17-28)18-28/h1-13,21-22H,14-19H2,(H,30,32)/t21?,22-,28?/m1/s1. The number of benzene rings is 2. The molecule has 1 aromatic heterocycles. The van der Waals surface area contributed by atoms with Gasteiger partial charge in [0.05, 0.1) is 10.6 Å². The number of hydrogen-bond donors (Lipinski definition) is 1. The topological polar surface area (TPSA) is 93.2 Å². The molecule has 3 aliphatic carbocycles. The van der Waals surface area contributed by atoms with Crippen LogP contribution in [0.1, 0.15) is 41.7 Å². The number of nitrogens with zero attached hydrogens (tertiary/aromatic N) is 1. The van der Waals surface area contributed by atoms with Crippen LogP contribution in [0.15, 0.2) is 83.9 Å². The number of carbonyl (C=O) groups excluding carboxylic acids is 2. The minimum absolute atomic E-state index is 0.00119. The molecule has 1 N–H and O–H groups in total. The zero-order chi connectivity index (χ0) is 24.5. The molecule has 0 aliphatic heterocycles. The summed E-state index contributed by atoms with van der Waals surface area (Å²) in [6.45, 7) is 0. The first-order valence-electron chi connectivity index (χ1n) is 11.9. The van der Waals surface area contributed by atoms with Crippen molar-refractivity contribution in [2.75, 3.05) is 11.1 Å². The second kappa shape index (κ2) is 9.38. The molecular formula is C28H28N2O4S. The lowest BCUT2D eigenvalue weighted by Crippen LogP contribution is -2.55. The molecule has 0 radical (unpaired) electrons. The van der Waals surface area contributed by atoms with E-state index in [1.54, 1.807) is 48.7 Å². The maximum Gasteiger partial charge on any atom is 0.228 e. The molecule has 6 rings (SSSR count). The SMILES string of the molecule is O=C(C[C@@H](Cc1ccccc1)C(=O)Nc1ccc(S(=O)(=O)CC23CC(C2)C3)cc1)c1ccccn1. The third-order valence-corrected chi connectivity index (χ3v) is 9.20. The van der Waals surface area contributed by atoms with Crippen molar-refractivity contribution >= 4 is 27.2 Å². The van der Waals surface area contributed by atoms with Gasteiger partial charge in [-0.1, -0.05) is 36.4 Å². The average molecular weight is 489 g/mol. The van der Waals surface area contributed by atoms with Crippen molar-refractivity contribution in [2.45, 2.75) is 37.0 Å². The van der Waals surface area contributed by atoms with Crippen LogP contribution in [-0.2, 0) is 21.1 Å². The Morgan fingerprint density at radius 2 is 1.63 bits per heavy atom. The van der Waals surface area contributed by atoms with Gasteiger partial charge in [-0.25, -0.2) is 8.42 Å². The lowest BCUT2D eigenvalue weighted by Gasteiger charge is -2.61. The molecule has 3 aliphatic rings. The van der Waals surface area contributed by atoms with E-state index in [9.17, 15) is 18.0 Å². The summed E-state index contributed by atoms with van der Waals surface area (Å²) in [5.74, 6) is -0.146. The molecular weight excluding hydrogens is 460 g/mol. The maximum atomic E-state index is 13.2. The average Bonchev–Trinajstić information content (AvgIpc) is 2.82. The van der Waals surface area contributed by atoms with Gasteiger partial charge in [0, 0.05) is 24.2 Å². The zero-order valence-electron chi connectivity index (χ0n) is 19.4. The van der Waals surface area contributed by atoms with E-state index in [4.69, 9.17) is 0 Å². The minimum atomic E-state index is -3.35. The second-order valence-corrected chi connectivity index (χ2v) is 12.0. The third-order valence-electron chi connectivity index (χ3n) is 7.22. The molecule has 2 bridgehead atoms. The molecule has 7 heteroatoms. The highest BCUT2D eigenvalue weighted by atomic mass is 32.2. The van der Waals surface area contributed by atoms with E-state index in [2.05, 4.69) is 10.3 Å². The largest absolute Gasteiger partial charge is 0.326 e. The predicted molar refractivity (Wildman–Crippen MR) is 134 cm³/mol. The number of carbonyl (C=O) groups is 2. The smallest absolute Gasteiger partial charge is 0.228 e. The minimum Gasteiger partial charge on any atom is -0.326 e. The van der Waals surface area contributed by atoms with Crippen LogP contribution in [0.25, 0.3) is 0 Å². The molecule has 0 spiro atoms. The molecule has 35 heavy (non-hydrogen) atoms. The lowest BCUT2D eigenvalue weighted by atomic mass is 9.45. The number of aromatic nitrogens is 1. The first kappa shape index (κ1) is 23.4. The number of ketones is 1. The summed E-state index contributed by atoms with van der Waals surface area (Å²) < 4.78 is 25.7. The number of hydrogen-bond acceptors (Lipinski definition) is 5. The fourth-order valence-electron chi connectivity index (χ4n) is 5.32. The molecule has 3 aromatic rings. The maximum absolute atomic E-state index is 13.2. The van der Waals surface area contributed by atoms with E-state index >= 15 is 0 Å².